The van der Waals surface area contributed by atoms with Crippen molar-refractivity contribution in [2.75, 3.05) is 17.3 Å². The van der Waals surface area contributed by atoms with Gasteiger partial charge < -0.3 is 5.32 Å². The fraction of sp³-hybridized carbons (Fsp3) is 0.727. The number of sulfone groups is 1. The minimum atomic E-state index is -2.97. The van der Waals surface area contributed by atoms with Crippen LogP contribution in [-0.4, -0.2) is 53.1 Å². The zero-order valence-corrected chi connectivity index (χ0v) is 15.0. The number of aromatic nitrogens is 2. The minimum Gasteiger partial charge on any atom is -0.351 e. The monoisotopic (exact) mass is 367 g/mol. The lowest BCUT2D eigenvalue weighted by molar-refractivity contribution is -0.120. The third kappa shape index (κ3) is 5.11. The van der Waals surface area contributed by atoms with Gasteiger partial charge in [0.15, 0.2) is 18.5 Å². The summed E-state index contributed by atoms with van der Waals surface area (Å²) in [6.45, 7) is 3.84. The number of carbonyl (C=O) groups is 1. The number of nitrogens with zero attached hydrogens (tertiary/aromatic N) is 2. The van der Waals surface area contributed by atoms with Crippen LogP contribution >= 0.6 is 34.9 Å². The van der Waals surface area contributed by atoms with E-state index in [1.54, 1.807) is 18.7 Å². The van der Waals surface area contributed by atoms with E-state index in [1.807, 2.05) is 6.92 Å². The van der Waals surface area contributed by atoms with Crippen LogP contribution in [-0.2, 0) is 14.6 Å². The fourth-order valence-corrected chi connectivity index (χ4v) is 6.60. The lowest BCUT2D eigenvalue weighted by atomic mass is 10.2. The fourth-order valence-electron chi connectivity index (χ4n) is 1.86. The number of rotatable bonds is 6. The molecule has 1 amide bonds. The molecule has 2 heterocycles. The Hall–Kier alpha value is -0.320. The summed E-state index contributed by atoms with van der Waals surface area (Å²) >= 11 is 4.45. The molecule has 1 aliphatic heterocycles. The Balaban J connectivity index is 1.84. The van der Waals surface area contributed by atoms with Crippen molar-refractivity contribution in [2.45, 2.75) is 40.2 Å². The molecule has 1 N–H and O–H groups in total. The second-order valence-corrected chi connectivity index (χ2v) is 10.9. The molecule has 118 valence electrons. The normalized spacial score (nSPS) is 22.1. The van der Waals surface area contributed by atoms with Crippen molar-refractivity contribution >= 4 is 50.6 Å². The van der Waals surface area contributed by atoms with Gasteiger partial charge in [0.25, 0.3) is 0 Å². The molecular weight excluding hydrogens is 350 g/mol. The van der Waals surface area contributed by atoms with Gasteiger partial charge in [0, 0.05) is 6.04 Å². The quantitative estimate of drug-likeness (QED) is 0.761. The van der Waals surface area contributed by atoms with Gasteiger partial charge in [-0.05, 0) is 19.1 Å². The van der Waals surface area contributed by atoms with Gasteiger partial charge in [-0.25, -0.2) is 8.42 Å². The lowest BCUT2D eigenvalue weighted by Gasteiger charge is -2.14. The Kier molecular flexibility index (Phi) is 5.92. The summed E-state index contributed by atoms with van der Waals surface area (Å²) in [7, 11) is -2.97. The van der Waals surface area contributed by atoms with E-state index in [4.69, 9.17) is 0 Å². The summed E-state index contributed by atoms with van der Waals surface area (Å²) < 4.78 is 24.4. The first-order valence-corrected chi connectivity index (χ1v) is 11.0. The molecule has 0 aliphatic carbocycles. The summed E-state index contributed by atoms with van der Waals surface area (Å²) in [5.41, 5.74) is 0. The molecule has 0 unspecified atom stereocenters. The van der Waals surface area contributed by atoms with Crippen LogP contribution < -0.4 is 5.32 Å². The number of amides is 1. The molecule has 0 saturated carbocycles. The summed E-state index contributed by atoms with van der Waals surface area (Å²) in [6, 6.07) is -0.258. The van der Waals surface area contributed by atoms with Crippen molar-refractivity contribution in [1.82, 2.24) is 15.5 Å². The van der Waals surface area contributed by atoms with Crippen molar-refractivity contribution in [3.8, 4) is 0 Å². The van der Waals surface area contributed by atoms with E-state index in [2.05, 4.69) is 15.5 Å². The first kappa shape index (κ1) is 17.0. The first-order chi connectivity index (χ1) is 9.89. The van der Waals surface area contributed by atoms with Crippen LogP contribution in [0.3, 0.4) is 0 Å². The highest BCUT2D eigenvalue weighted by molar-refractivity contribution is 8.03. The number of hydrogen-bond donors (Lipinski definition) is 1. The number of thioether (sulfide) groups is 2. The Morgan fingerprint density at radius 1 is 1.48 bits per heavy atom. The molecule has 21 heavy (non-hydrogen) atoms. The summed E-state index contributed by atoms with van der Waals surface area (Å²) in [5, 5.41) is 10.6. The highest BCUT2D eigenvalue weighted by Crippen LogP contribution is 2.31. The molecule has 0 bridgehead atoms. The zero-order chi connectivity index (χ0) is 15.5. The Morgan fingerprint density at radius 2 is 2.19 bits per heavy atom. The standard InChI is InChI=1S/C11H17N3O3S4/c1-3-18-10-13-14-11(20-10)19-7(2)9(15)12-8-4-5-21(16,17)6-8/h7-8H,3-6H2,1-2H3,(H,12,15)/t7-,8+/m0/s1. The molecule has 2 atom stereocenters. The molecule has 6 nitrogen and oxygen atoms in total. The SMILES string of the molecule is CCSc1nnc(S[C@@H](C)C(=O)N[C@@H]2CCS(=O)(=O)C2)s1. The van der Waals surface area contributed by atoms with E-state index in [9.17, 15) is 13.2 Å². The van der Waals surface area contributed by atoms with Crippen molar-refractivity contribution in [1.29, 1.82) is 0 Å². The number of hydrogen-bond acceptors (Lipinski definition) is 8. The van der Waals surface area contributed by atoms with Gasteiger partial charge in [0.05, 0.1) is 16.8 Å². The van der Waals surface area contributed by atoms with Crippen LogP contribution in [0.5, 0.6) is 0 Å². The Labute approximate surface area is 136 Å². The Bertz CT molecular complexity index is 602. The molecule has 2 rings (SSSR count). The molecule has 1 aromatic heterocycles. The maximum atomic E-state index is 12.1. The van der Waals surface area contributed by atoms with Crippen LogP contribution in [0, 0.1) is 0 Å². The smallest absolute Gasteiger partial charge is 0.233 e. The second kappa shape index (κ2) is 7.30. The topological polar surface area (TPSA) is 89.0 Å². The largest absolute Gasteiger partial charge is 0.351 e. The Morgan fingerprint density at radius 3 is 2.81 bits per heavy atom. The molecule has 0 radical (unpaired) electrons. The first-order valence-electron chi connectivity index (χ1n) is 6.53. The maximum absolute atomic E-state index is 12.1. The molecule has 1 aliphatic rings. The molecule has 1 fully saturated rings. The average Bonchev–Trinajstić information content (AvgIpc) is 2.96. The van der Waals surface area contributed by atoms with Crippen LogP contribution in [0.1, 0.15) is 20.3 Å². The van der Waals surface area contributed by atoms with E-state index >= 15 is 0 Å². The number of carbonyl (C=O) groups excluding carboxylic acids is 1. The highest BCUT2D eigenvalue weighted by atomic mass is 32.2. The maximum Gasteiger partial charge on any atom is 0.233 e. The van der Waals surface area contributed by atoms with E-state index in [0.717, 1.165) is 14.4 Å². The van der Waals surface area contributed by atoms with Crippen molar-refractivity contribution < 1.29 is 13.2 Å². The van der Waals surface area contributed by atoms with Crippen molar-refractivity contribution in [2.24, 2.45) is 0 Å². The van der Waals surface area contributed by atoms with E-state index in [0.29, 0.717) is 6.42 Å². The second-order valence-electron chi connectivity index (χ2n) is 4.64. The van der Waals surface area contributed by atoms with Crippen LogP contribution in [0.25, 0.3) is 0 Å². The predicted octanol–water partition coefficient (Wildman–Crippen LogP) is 1.43. The molecule has 0 spiro atoms. The summed E-state index contributed by atoms with van der Waals surface area (Å²) in [5.74, 6) is 0.993. The third-order valence-electron chi connectivity index (χ3n) is 2.88. The lowest BCUT2D eigenvalue weighted by Crippen LogP contribution is -2.39. The molecular formula is C11H17N3O3S4. The van der Waals surface area contributed by atoms with Gasteiger partial charge in [-0.2, -0.15) is 0 Å². The van der Waals surface area contributed by atoms with Gasteiger partial charge in [0.2, 0.25) is 5.91 Å². The van der Waals surface area contributed by atoms with Gasteiger partial charge in [-0.1, -0.05) is 41.8 Å². The number of nitrogens with one attached hydrogen (secondary N) is 1. The predicted molar refractivity (Wildman–Crippen MR) is 86.8 cm³/mol. The van der Waals surface area contributed by atoms with Crippen LogP contribution in [0.4, 0.5) is 0 Å². The third-order valence-corrected chi connectivity index (χ3v) is 7.77. The molecule has 10 heteroatoms. The summed E-state index contributed by atoms with van der Waals surface area (Å²) in [4.78, 5) is 12.1. The van der Waals surface area contributed by atoms with Gasteiger partial charge >= 0.3 is 0 Å². The minimum absolute atomic E-state index is 0.0478. The van der Waals surface area contributed by atoms with E-state index < -0.39 is 9.84 Å². The average molecular weight is 368 g/mol. The van der Waals surface area contributed by atoms with Gasteiger partial charge in [0.1, 0.15) is 0 Å². The van der Waals surface area contributed by atoms with Crippen molar-refractivity contribution in [3.63, 3.8) is 0 Å². The van der Waals surface area contributed by atoms with Gasteiger partial charge in [-0.15, -0.1) is 10.2 Å². The highest BCUT2D eigenvalue weighted by Gasteiger charge is 2.30. The van der Waals surface area contributed by atoms with Gasteiger partial charge in [-0.3, -0.25) is 4.79 Å². The van der Waals surface area contributed by atoms with Crippen LogP contribution in [0.15, 0.2) is 8.68 Å². The van der Waals surface area contributed by atoms with Crippen LogP contribution in [0.2, 0.25) is 0 Å². The van der Waals surface area contributed by atoms with E-state index in [-0.39, 0.29) is 28.7 Å². The molecule has 0 aromatic carbocycles. The van der Waals surface area contributed by atoms with Crippen molar-refractivity contribution in [3.05, 3.63) is 0 Å². The molecule has 1 saturated heterocycles. The molecule has 1 aromatic rings. The summed E-state index contributed by atoms with van der Waals surface area (Å²) in [6.07, 6.45) is 0.502. The zero-order valence-electron chi connectivity index (χ0n) is 11.7. The van der Waals surface area contributed by atoms with E-state index in [1.165, 1.54) is 23.1 Å².